The predicted octanol–water partition coefficient (Wildman–Crippen LogP) is 4.28. The van der Waals surface area contributed by atoms with Crippen LogP contribution in [0, 0.1) is 25.5 Å². The van der Waals surface area contributed by atoms with Crippen molar-refractivity contribution in [3.05, 3.63) is 119 Å². The molecule has 0 aliphatic rings. The summed E-state index contributed by atoms with van der Waals surface area (Å²) in [6.45, 7) is 3.52. The van der Waals surface area contributed by atoms with Crippen LogP contribution in [0.5, 0.6) is 0 Å². The Morgan fingerprint density at radius 2 is 1.33 bits per heavy atom. The Balaban J connectivity index is 1.24. The number of carbonyl (C=O) groups excluding carboxylic acids is 4. The van der Waals surface area contributed by atoms with Gasteiger partial charge in [-0.2, -0.15) is 0 Å². The average molecular weight is 709 g/mol. The molecule has 0 fully saturated rings. The molecule has 0 radical (unpaired) electrons. The number of esters is 2. The van der Waals surface area contributed by atoms with E-state index in [4.69, 9.17) is 4.74 Å². The molecule has 2 aromatic carbocycles. The highest BCUT2D eigenvalue weighted by molar-refractivity contribution is 6.09. The van der Waals surface area contributed by atoms with E-state index in [1.54, 1.807) is 49.4 Å². The molecule has 52 heavy (non-hydrogen) atoms. The molecule has 262 valence electrons. The van der Waals surface area contributed by atoms with Gasteiger partial charge in [0.1, 0.15) is 29.9 Å². The molecule has 2 amide bonds. The number of nitrogens with zero attached hydrogens (tertiary/aromatic N) is 8. The molecule has 16 nitrogen and oxygen atoms in total. The summed E-state index contributed by atoms with van der Waals surface area (Å²) >= 11 is 0. The van der Waals surface area contributed by atoms with Gasteiger partial charge < -0.3 is 20.1 Å². The standard InChI is InChI=1S/C34H26F2N10O6/c1-17-18(2)29(39-31(47)23-7-9-26(43-41-23)45-12-11-37-15-45)20(33(49)51-3)13-19(17)25-14-46(16-38-25)27-10-8-24(42-44-27)32(48)40-30-22(36)6-5-21(35)28(30)34(50)52-4/h5-16H,1-4H3,(H,39,47)(H,40,48). The van der Waals surface area contributed by atoms with Gasteiger partial charge >= 0.3 is 11.9 Å². The maximum absolute atomic E-state index is 14.5. The van der Waals surface area contributed by atoms with Crippen LogP contribution in [-0.2, 0) is 9.47 Å². The topological polar surface area (TPSA) is 198 Å². The number of amides is 2. The van der Waals surface area contributed by atoms with Crippen molar-refractivity contribution < 1.29 is 37.4 Å². The third-order valence-corrected chi connectivity index (χ3v) is 7.93. The molecule has 0 unspecified atom stereocenters. The lowest BCUT2D eigenvalue weighted by Gasteiger charge is -2.17. The average Bonchev–Trinajstić information content (AvgIpc) is 3.89. The van der Waals surface area contributed by atoms with Gasteiger partial charge in [0.05, 0.1) is 36.9 Å². The fourth-order valence-electron chi connectivity index (χ4n) is 5.10. The number of hydrogen-bond donors (Lipinski definition) is 2. The minimum atomic E-state index is -1.18. The number of imidazole rings is 2. The molecule has 18 heteroatoms. The van der Waals surface area contributed by atoms with E-state index in [0.717, 1.165) is 19.2 Å². The van der Waals surface area contributed by atoms with E-state index in [-0.39, 0.29) is 28.5 Å². The van der Waals surface area contributed by atoms with E-state index >= 15 is 0 Å². The van der Waals surface area contributed by atoms with Crippen molar-refractivity contribution >= 4 is 35.1 Å². The number of ether oxygens (including phenoxy) is 2. The third-order valence-electron chi connectivity index (χ3n) is 7.93. The number of halogens is 2. The van der Waals surface area contributed by atoms with Crippen LogP contribution < -0.4 is 10.6 Å². The van der Waals surface area contributed by atoms with Gasteiger partial charge in [0, 0.05) is 24.2 Å². The zero-order chi connectivity index (χ0) is 37.1. The van der Waals surface area contributed by atoms with Crippen LogP contribution in [0.1, 0.15) is 52.8 Å². The largest absolute Gasteiger partial charge is 0.465 e. The SMILES string of the molecule is COC(=O)c1cc(-c2cn(-c3ccc(C(=O)Nc4c(F)ccc(F)c4C(=O)OC)nn3)cn2)c(C)c(C)c1NC(=O)c1ccc(-n2ccnc2)nn1. The summed E-state index contributed by atoms with van der Waals surface area (Å²) in [6.07, 6.45) is 7.84. The zero-order valence-corrected chi connectivity index (χ0v) is 27.7. The summed E-state index contributed by atoms with van der Waals surface area (Å²) in [4.78, 5) is 59.5. The Morgan fingerprint density at radius 3 is 1.90 bits per heavy atom. The molecular formula is C34H26F2N10O6. The van der Waals surface area contributed by atoms with Gasteiger partial charge in [-0.05, 0) is 67.4 Å². The van der Waals surface area contributed by atoms with Gasteiger partial charge in [0.25, 0.3) is 11.8 Å². The van der Waals surface area contributed by atoms with Crippen LogP contribution in [0.25, 0.3) is 22.9 Å². The predicted molar refractivity (Wildman–Crippen MR) is 178 cm³/mol. The summed E-state index contributed by atoms with van der Waals surface area (Å²) in [6, 6.07) is 8.83. The van der Waals surface area contributed by atoms with Crippen molar-refractivity contribution in [3.8, 4) is 22.9 Å². The number of hydrogen-bond acceptors (Lipinski definition) is 12. The first-order valence-electron chi connectivity index (χ1n) is 15.1. The van der Waals surface area contributed by atoms with Gasteiger partial charge in [0.2, 0.25) is 0 Å². The lowest BCUT2D eigenvalue weighted by molar-refractivity contribution is 0.0589. The molecule has 0 bridgehead atoms. The summed E-state index contributed by atoms with van der Waals surface area (Å²) in [5.74, 6) is -4.93. The number of benzene rings is 2. The Morgan fingerprint density at radius 1 is 0.712 bits per heavy atom. The lowest BCUT2D eigenvalue weighted by Crippen LogP contribution is -2.19. The van der Waals surface area contributed by atoms with Crippen LogP contribution in [0.3, 0.4) is 0 Å². The molecule has 2 N–H and O–H groups in total. The number of carbonyl (C=O) groups is 4. The van der Waals surface area contributed by atoms with Crippen molar-refractivity contribution in [1.29, 1.82) is 0 Å². The van der Waals surface area contributed by atoms with Gasteiger partial charge in [0.15, 0.2) is 23.0 Å². The number of anilines is 2. The second-order valence-electron chi connectivity index (χ2n) is 11.0. The molecule has 0 atom stereocenters. The first-order chi connectivity index (χ1) is 25.0. The Kier molecular flexibility index (Phi) is 9.53. The minimum Gasteiger partial charge on any atom is -0.465 e. The molecule has 0 saturated heterocycles. The van der Waals surface area contributed by atoms with Crippen LogP contribution in [0.4, 0.5) is 20.2 Å². The summed E-state index contributed by atoms with van der Waals surface area (Å²) < 4.78 is 41.4. The fraction of sp³-hybridized carbons (Fsp3) is 0.118. The maximum atomic E-state index is 14.5. The fourth-order valence-corrected chi connectivity index (χ4v) is 5.10. The summed E-state index contributed by atoms with van der Waals surface area (Å²) in [7, 11) is 2.20. The monoisotopic (exact) mass is 708 g/mol. The van der Waals surface area contributed by atoms with Crippen LogP contribution in [-0.4, -0.2) is 77.5 Å². The maximum Gasteiger partial charge on any atom is 0.343 e. The minimum absolute atomic E-state index is 0.0104. The van der Waals surface area contributed by atoms with Gasteiger partial charge in [-0.25, -0.2) is 28.3 Å². The number of aromatic nitrogens is 8. The molecule has 0 spiro atoms. The van der Waals surface area contributed by atoms with Gasteiger partial charge in [-0.15, -0.1) is 20.4 Å². The molecule has 6 aromatic rings. The molecule has 6 rings (SSSR count). The first kappa shape index (κ1) is 34.6. The lowest BCUT2D eigenvalue weighted by atomic mass is 9.95. The van der Waals surface area contributed by atoms with Crippen molar-refractivity contribution in [1.82, 2.24) is 39.5 Å². The number of methoxy groups -OCH3 is 2. The second-order valence-corrected chi connectivity index (χ2v) is 11.0. The highest BCUT2D eigenvalue weighted by atomic mass is 19.1. The number of nitrogens with one attached hydrogen (secondary N) is 2. The van der Waals surface area contributed by atoms with E-state index in [0.29, 0.717) is 28.2 Å². The molecule has 4 heterocycles. The van der Waals surface area contributed by atoms with Gasteiger partial charge in [-0.1, -0.05) is 0 Å². The highest BCUT2D eigenvalue weighted by Crippen LogP contribution is 2.34. The van der Waals surface area contributed by atoms with Crippen LogP contribution in [0.15, 0.2) is 73.7 Å². The Labute approximate surface area is 292 Å². The van der Waals surface area contributed by atoms with Crippen molar-refractivity contribution in [2.24, 2.45) is 0 Å². The normalized spacial score (nSPS) is 10.8. The highest BCUT2D eigenvalue weighted by Gasteiger charge is 2.25. The van der Waals surface area contributed by atoms with Crippen molar-refractivity contribution in [3.63, 3.8) is 0 Å². The van der Waals surface area contributed by atoms with E-state index in [1.807, 2.05) is 0 Å². The molecule has 0 saturated carbocycles. The first-order valence-corrected chi connectivity index (χ1v) is 15.1. The summed E-state index contributed by atoms with van der Waals surface area (Å²) in [5, 5.41) is 20.9. The van der Waals surface area contributed by atoms with Gasteiger partial charge in [-0.3, -0.25) is 18.7 Å². The number of rotatable bonds is 9. The van der Waals surface area contributed by atoms with E-state index < -0.39 is 46.6 Å². The quantitative estimate of drug-likeness (QED) is 0.203. The molecule has 0 aliphatic carbocycles. The summed E-state index contributed by atoms with van der Waals surface area (Å²) in [5.41, 5.74) is 0.736. The molecule has 4 aromatic heterocycles. The Bertz CT molecular complexity index is 2340. The smallest absolute Gasteiger partial charge is 0.343 e. The molecular weight excluding hydrogens is 682 g/mol. The van der Waals surface area contributed by atoms with Crippen molar-refractivity contribution in [2.75, 3.05) is 24.9 Å². The Hall–Kier alpha value is -7.24. The van der Waals surface area contributed by atoms with E-state index in [9.17, 15) is 28.0 Å². The third kappa shape index (κ3) is 6.67. The molecule has 0 aliphatic heterocycles. The van der Waals surface area contributed by atoms with E-state index in [2.05, 4.69) is 45.7 Å². The second kappa shape index (κ2) is 14.3. The van der Waals surface area contributed by atoms with Crippen LogP contribution >= 0.6 is 0 Å². The van der Waals surface area contributed by atoms with E-state index in [1.165, 1.54) is 42.3 Å². The van der Waals surface area contributed by atoms with Crippen molar-refractivity contribution in [2.45, 2.75) is 13.8 Å². The van der Waals surface area contributed by atoms with Crippen LogP contribution in [0.2, 0.25) is 0 Å². The zero-order valence-electron chi connectivity index (χ0n) is 27.7.